The lowest BCUT2D eigenvalue weighted by atomic mass is 10.7. The van der Waals surface area contributed by atoms with Crippen LogP contribution >= 0.6 is 0 Å². The number of rotatable bonds is 3. The molecule has 3 aromatic heterocycles. The van der Waals surface area contributed by atoms with Crippen molar-refractivity contribution < 1.29 is 0 Å². The zero-order valence-corrected chi connectivity index (χ0v) is 9.04. The smallest absolute Gasteiger partial charge is 0.258 e. The number of nitrogens with one attached hydrogen (secondary N) is 1. The predicted octanol–water partition coefficient (Wildman–Crippen LogP) is -1.08. The van der Waals surface area contributed by atoms with E-state index in [-0.39, 0.29) is 5.95 Å². The Labute approximate surface area is 100 Å². The van der Waals surface area contributed by atoms with Crippen molar-refractivity contribution in [3.8, 4) is 11.9 Å². The molecule has 0 aromatic carbocycles. The lowest BCUT2D eigenvalue weighted by molar-refractivity contribution is 0.745. The molecule has 0 aliphatic carbocycles. The number of nitrogen functional groups attached to an aromatic ring is 1. The topological polar surface area (TPSA) is 125 Å². The third-order valence-corrected chi connectivity index (χ3v) is 2.07. The van der Waals surface area contributed by atoms with Gasteiger partial charge in [-0.1, -0.05) is 0 Å². The zero-order chi connectivity index (χ0) is 12.4. The predicted molar refractivity (Wildman–Crippen MR) is 59.7 cm³/mol. The van der Waals surface area contributed by atoms with E-state index in [0.717, 1.165) is 0 Å². The second-order valence-corrected chi connectivity index (χ2v) is 3.19. The average Bonchev–Trinajstić information content (AvgIpc) is 3.10. The fourth-order valence-electron chi connectivity index (χ4n) is 1.32. The number of anilines is 1. The maximum absolute atomic E-state index is 5.32. The highest BCUT2D eigenvalue weighted by atomic mass is 15.4. The lowest BCUT2D eigenvalue weighted by Crippen LogP contribution is -2.16. The van der Waals surface area contributed by atoms with E-state index in [1.165, 1.54) is 22.0 Å². The molecule has 3 heterocycles. The second kappa shape index (κ2) is 4.18. The van der Waals surface area contributed by atoms with Gasteiger partial charge in [0.1, 0.15) is 12.7 Å². The molecule has 0 amide bonds. The molecule has 10 heteroatoms. The summed E-state index contributed by atoms with van der Waals surface area (Å²) in [4.78, 5) is 16.2. The standard InChI is InChI=1S/C8H8N10/c9-16-6-13-7(17-3-1-2-11-17)15-8(14-6)18-5-10-4-12-18/h1-5H,9H2,(H,13,14,15,16). The minimum absolute atomic E-state index is 0.209. The summed E-state index contributed by atoms with van der Waals surface area (Å²) in [6, 6.07) is 1.76. The van der Waals surface area contributed by atoms with Gasteiger partial charge >= 0.3 is 0 Å². The third kappa shape index (κ3) is 1.76. The second-order valence-electron chi connectivity index (χ2n) is 3.19. The summed E-state index contributed by atoms with van der Waals surface area (Å²) in [5.41, 5.74) is 2.37. The van der Waals surface area contributed by atoms with Crippen LogP contribution in [-0.2, 0) is 0 Å². The van der Waals surface area contributed by atoms with Crippen LogP contribution in [0.5, 0.6) is 0 Å². The number of hydrogen-bond donors (Lipinski definition) is 2. The number of aromatic nitrogens is 8. The van der Waals surface area contributed by atoms with Crippen molar-refractivity contribution in [3.63, 3.8) is 0 Å². The summed E-state index contributed by atoms with van der Waals surface area (Å²) in [7, 11) is 0. The summed E-state index contributed by atoms with van der Waals surface area (Å²) < 4.78 is 2.89. The summed E-state index contributed by atoms with van der Waals surface area (Å²) in [6.07, 6.45) is 6.19. The van der Waals surface area contributed by atoms with E-state index in [2.05, 4.69) is 35.6 Å². The molecule has 0 aliphatic heterocycles. The van der Waals surface area contributed by atoms with E-state index >= 15 is 0 Å². The minimum atomic E-state index is 0.209. The first-order valence-corrected chi connectivity index (χ1v) is 4.94. The summed E-state index contributed by atoms with van der Waals surface area (Å²) >= 11 is 0. The molecule has 3 aromatic rings. The van der Waals surface area contributed by atoms with Crippen LogP contribution in [0.3, 0.4) is 0 Å². The number of nitrogens with two attached hydrogens (primary N) is 1. The third-order valence-electron chi connectivity index (χ3n) is 2.07. The van der Waals surface area contributed by atoms with Gasteiger partial charge in [0.2, 0.25) is 5.95 Å². The first-order valence-electron chi connectivity index (χ1n) is 4.94. The molecule has 0 spiro atoms. The minimum Gasteiger partial charge on any atom is -0.292 e. The van der Waals surface area contributed by atoms with Crippen molar-refractivity contribution in [2.75, 3.05) is 5.43 Å². The van der Waals surface area contributed by atoms with Gasteiger partial charge in [0.15, 0.2) is 0 Å². The molecule has 0 aliphatic rings. The Bertz CT molecular complexity index is 575. The van der Waals surface area contributed by atoms with Crippen LogP contribution in [0, 0.1) is 0 Å². The van der Waals surface area contributed by atoms with Gasteiger partial charge in [-0.05, 0) is 6.07 Å². The van der Waals surface area contributed by atoms with Crippen molar-refractivity contribution in [3.05, 3.63) is 31.1 Å². The first kappa shape index (κ1) is 10.3. The SMILES string of the molecule is NNc1nc(-n2cccn2)nc(-n2cncn2)n1. The molecule has 0 unspecified atom stereocenters. The van der Waals surface area contributed by atoms with Crippen LogP contribution in [0.15, 0.2) is 31.1 Å². The van der Waals surface area contributed by atoms with Crippen LogP contribution in [0.2, 0.25) is 0 Å². The molecular weight excluding hydrogens is 236 g/mol. The van der Waals surface area contributed by atoms with E-state index in [1.54, 1.807) is 18.5 Å². The Morgan fingerprint density at radius 2 is 1.89 bits per heavy atom. The van der Waals surface area contributed by atoms with Crippen molar-refractivity contribution >= 4 is 5.95 Å². The first-order chi connectivity index (χ1) is 8.86. The fourth-order valence-corrected chi connectivity index (χ4v) is 1.32. The Kier molecular flexibility index (Phi) is 2.39. The van der Waals surface area contributed by atoms with E-state index in [4.69, 9.17) is 5.84 Å². The van der Waals surface area contributed by atoms with Gasteiger partial charge in [-0.2, -0.15) is 29.8 Å². The quantitative estimate of drug-likeness (QED) is 0.440. The van der Waals surface area contributed by atoms with E-state index in [1.807, 2.05) is 0 Å². The van der Waals surface area contributed by atoms with Crippen molar-refractivity contribution in [1.82, 2.24) is 39.5 Å². The van der Waals surface area contributed by atoms with E-state index in [9.17, 15) is 0 Å². The monoisotopic (exact) mass is 244 g/mol. The average molecular weight is 244 g/mol. The van der Waals surface area contributed by atoms with Crippen LogP contribution in [0.25, 0.3) is 11.9 Å². The summed E-state index contributed by atoms with van der Waals surface area (Å²) in [6.45, 7) is 0. The van der Waals surface area contributed by atoms with Gasteiger partial charge in [-0.25, -0.2) is 15.5 Å². The van der Waals surface area contributed by atoms with Gasteiger partial charge in [0, 0.05) is 12.4 Å². The molecule has 0 fully saturated rings. The molecule has 0 bridgehead atoms. The lowest BCUT2D eigenvalue weighted by Gasteiger charge is -2.05. The number of hydrogen-bond acceptors (Lipinski definition) is 8. The fraction of sp³-hybridized carbons (Fsp3) is 0. The van der Waals surface area contributed by atoms with Crippen LogP contribution in [-0.4, -0.2) is 39.5 Å². The molecular formula is C8H8N10. The molecule has 0 radical (unpaired) electrons. The largest absolute Gasteiger partial charge is 0.292 e. The Hall–Kier alpha value is -2.88. The molecule has 3 rings (SSSR count). The van der Waals surface area contributed by atoms with Gasteiger partial charge in [0.25, 0.3) is 11.9 Å². The van der Waals surface area contributed by atoms with Gasteiger partial charge < -0.3 is 0 Å². The molecule has 0 saturated heterocycles. The maximum atomic E-state index is 5.32. The molecule has 10 nitrogen and oxygen atoms in total. The molecule has 90 valence electrons. The van der Waals surface area contributed by atoms with E-state index in [0.29, 0.717) is 11.9 Å². The van der Waals surface area contributed by atoms with Crippen molar-refractivity contribution in [1.29, 1.82) is 0 Å². The Morgan fingerprint density at radius 1 is 1.06 bits per heavy atom. The number of hydrazine groups is 1. The summed E-state index contributed by atoms with van der Waals surface area (Å²) in [5.74, 6) is 6.15. The summed E-state index contributed by atoms with van der Waals surface area (Å²) in [5, 5.41) is 7.97. The highest BCUT2D eigenvalue weighted by Crippen LogP contribution is 2.06. The van der Waals surface area contributed by atoms with Gasteiger partial charge in [-0.3, -0.25) is 5.43 Å². The molecule has 3 N–H and O–H groups in total. The highest BCUT2D eigenvalue weighted by Gasteiger charge is 2.09. The zero-order valence-electron chi connectivity index (χ0n) is 9.04. The van der Waals surface area contributed by atoms with Gasteiger partial charge in [-0.15, -0.1) is 0 Å². The Morgan fingerprint density at radius 3 is 2.50 bits per heavy atom. The van der Waals surface area contributed by atoms with Crippen LogP contribution in [0.1, 0.15) is 0 Å². The van der Waals surface area contributed by atoms with Crippen molar-refractivity contribution in [2.45, 2.75) is 0 Å². The number of nitrogens with zero attached hydrogens (tertiary/aromatic N) is 8. The Balaban J connectivity index is 2.13. The molecule has 18 heavy (non-hydrogen) atoms. The van der Waals surface area contributed by atoms with Crippen molar-refractivity contribution in [2.24, 2.45) is 5.84 Å². The molecule has 0 atom stereocenters. The maximum Gasteiger partial charge on any atom is 0.258 e. The van der Waals surface area contributed by atoms with Gasteiger partial charge in [0.05, 0.1) is 0 Å². The normalized spacial score (nSPS) is 10.5. The highest BCUT2D eigenvalue weighted by molar-refractivity contribution is 5.30. The van der Waals surface area contributed by atoms with Crippen LogP contribution < -0.4 is 11.3 Å². The van der Waals surface area contributed by atoms with E-state index < -0.39 is 0 Å². The molecule has 0 saturated carbocycles. The van der Waals surface area contributed by atoms with Crippen LogP contribution in [0.4, 0.5) is 5.95 Å².